The molecule has 0 amide bonds. The number of nitrogens with zero attached hydrogens (tertiary/aromatic N) is 1. The van der Waals surface area contributed by atoms with Gasteiger partial charge in [-0.25, -0.2) is 13.1 Å². The number of nitrogens with one attached hydrogen (secondary N) is 1. The van der Waals surface area contributed by atoms with Gasteiger partial charge >= 0.3 is 0 Å². The highest BCUT2D eigenvalue weighted by Gasteiger charge is 2.23. The minimum atomic E-state index is -3.12. The van der Waals surface area contributed by atoms with Crippen LogP contribution in [0.25, 0.3) is 0 Å². The molecule has 1 N–H and O–H groups in total. The van der Waals surface area contributed by atoms with Gasteiger partial charge in [-0.1, -0.05) is 19.3 Å². The van der Waals surface area contributed by atoms with Crippen molar-refractivity contribution < 1.29 is 13.2 Å². The van der Waals surface area contributed by atoms with Crippen LogP contribution >= 0.6 is 0 Å². The van der Waals surface area contributed by atoms with Crippen LogP contribution < -0.4 is 4.72 Å². The van der Waals surface area contributed by atoms with E-state index in [-0.39, 0.29) is 6.04 Å². The molecule has 1 heterocycles. The topological polar surface area (TPSA) is 58.6 Å². The monoisotopic (exact) mass is 304 g/mol. The van der Waals surface area contributed by atoms with Gasteiger partial charge in [0.05, 0.1) is 19.0 Å². The lowest BCUT2D eigenvalue weighted by Gasteiger charge is -2.32. The summed E-state index contributed by atoms with van der Waals surface area (Å²) < 4.78 is 32.4. The van der Waals surface area contributed by atoms with E-state index < -0.39 is 10.0 Å². The maximum atomic E-state index is 12.1. The van der Waals surface area contributed by atoms with Gasteiger partial charge in [-0.05, 0) is 25.7 Å². The van der Waals surface area contributed by atoms with Gasteiger partial charge in [0.15, 0.2) is 0 Å². The zero-order chi connectivity index (χ0) is 14.4. The van der Waals surface area contributed by atoms with Crippen molar-refractivity contribution in [2.24, 2.45) is 5.92 Å². The third-order valence-electron chi connectivity index (χ3n) is 4.45. The summed E-state index contributed by atoms with van der Waals surface area (Å²) in [6.07, 6.45) is 5.77. The highest BCUT2D eigenvalue weighted by molar-refractivity contribution is 7.89. The Morgan fingerprint density at radius 3 is 2.50 bits per heavy atom. The highest BCUT2D eigenvalue weighted by Crippen LogP contribution is 2.24. The lowest BCUT2D eigenvalue weighted by atomic mass is 9.91. The molecule has 2 fully saturated rings. The van der Waals surface area contributed by atoms with E-state index in [4.69, 9.17) is 4.74 Å². The lowest BCUT2D eigenvalue weighted by Crippen LogP contribution is -2.47. The number of rotatable bonds is 6. The zero-order valence-electron chi connectivity index (χ0n) is 12.5. The van der Waals surface area contributed by atoms with Crippen molar-refractivity contribution in [3.05, 3.63) is 0 Å². The predicted molar refractivity (Wildman–Crippen MR) is 80.2 cm³/mol. The second-order valence-corrected chi connectivity index (χ2v) is 7.98. The minimum Gasteiger partial charge on any atom is -0.379 e. The Morgan fingerprint density at radius 1 is 1.20 bits per heavy atom. The van der Waals surface area contributed by atoms with E-state index >= 15 is 0 Å². The Kier molecular flexibility index (Phi) is 6.26. The van der Waals surface area contributed by atoms with Crippen molar-refractivity contribution in [2.75, 3.05) is 38.6 Å². The van der Waals surface area contributed by atoms with Crippen molar-refractivity contribution in [3.8, 4) is 0 Å². The second-order valence-electron chi connectivity index (χ2n) is 6.13. The van der Waals surface area contributed by atoms with E-state index in [1.165, 1.54) is 19.3 Å². The standard InChI is InChI=1S/C14H28N2O3S/c1-13(16-7-9-19-10-8-16)11-15-20(17,18)12-14-5-3-2-4-6-14/h13-15H,2-12H2,1H3/t13-/m0/s1. The lowest BCUT2D eigenvalue weighted by molar-refractivity contribution is 0.0213. The third-order valence-corrected chi connectivity index (χ3v) is 5.96. The van der Waals surface area contributed by atoms with Crippen LogP contribution in [0.15, 0.2) is 0 Å². The Hall–Kier alpha value is -0.170. The number of hydrogen-bond donors (Lipinski definition) is 1. The van der Waals surface area contributed by atoms with Crippen molar-refractivity contribution in [1.82, 2.24) is 9.62 Å². The number of sulfonamides is 1. The van der Waals surface area contributed by atoms with Gasteiger partial charge in [0, 0.05) is 25.7 Å². The van der Waals surface area contributed by atoms with E-state index in [0.29, 0.717) is 18.2 Å². The maximum Gasteiger partial charge on any atom is 0.211 e. The van der Waals surface area contributed by atoms with Crippen molar-refractivity contribution in [1.29, 1.82) is 0 Å². The fourth-order valence-electron chi connectivity index (χ4n) is 3.12. The molecular weight excluding hydrogens is 276 g/mol. The van der Waals surface area contributed by atoms with Crippen LogP contribution in [0, 0.1) is 5.92 Å². The van der Waals surface area contributed by atoms with Gasteiger partial charge in [-0.15, -0.1) is 0 Å². The maximum absolute atomic E-state index is 12.1. The Bertz CT molecular complexity index is 374. The summed E-state index contributed by atoms with van der Waals surface area (Å²) >= 11 is 0. The minimum absolute atomic E-state index is 0.236. The molecule has 2 aliphatic rings. The number of ether oxygens (including phenoxy) is 1. The molecule has 0 radical (unpaired) electrons. The molecule has 1 aliphatic heterocycles. The van der Waals surface area contributed by atoms with Gasteiger partial charge in [-0.3, -0.25) is 4.90 Å². The van der Waals surface area contributed by atoms with Crippen molar-refractivity contribution in [3.63, 3.8) is 0 Å². The van der Waals surface area contributed by atoms with E-state index in [2.05, 4.69) is 16.5 Å². The zero-order valence-corrected chi connectivity index (χ0v) is 13.3. The molecular formula is C14H28N2O3S. The first-order valence-electron chi connectivity index (χ1n) is 7.86. The van der Waals surface area contributed by atoms with Crippen LogP contribution in [0.5, 0.6) is 0 Å². The fourth-order valence-corrected chi connectivity index (χ4v) is 4.68. The summed E-state index contributed by atoms with van der Waals surface area (Å²) in [6.45, 7) is 5.87. The average molecular weight is 304 g/mol. The number of hydrogen-bond acceptors (Lipinski definition) is 4. The Labute approximate surface area is 123 Å². The molecule has 118 valence electrons. The molecule has 0 spiro atoms. The summed E-state index contributed by atoms with van der Waals surface area (Å²) in [5, 5.41) is 0. The van der Waals surface area contributed by atoms with Crippen molar-refractivity contribution in [2.45, 2.75) is 45.1 Å². The average Bonchev–Trinajstić information content (AvgIpc) is 2.46. The molecule has 1 saturated carbocycles. The van der Waals surface area contributed by atoms with Crippen LogP contribution in [0.2, 0.25) is 0 Å². The molecule has 0 aromatic rings. The van der Waals surface area contributed by atoms with Gasteiger partial charge < -0.3 is 4.74 Å². The van der Waals surface area contributed by atoms with Gasteiger partial charge in [0.1, 0.15) is 0 Å². The largest absolute Gasteiger partial charge is 0.379 e. The molecule has 6 heteroatoms. The molecule has 0 unspecified atom stereocenters. The predicted octanol–water partition coefficient (Wildman–Crippen LogP) is 1.21. The van der Waals surface area contributed by atoms with Crippen LogP contribution in [0.1, 0.15) is 39.0 Å². The molecule has 1 saturated heterocycles. The van der Waals surface area contributed by atoms with E-state index in [9.17, 15) is 8.42 Å². The molecule has 0 bridgehead atoms. The first-order valence-corrected chi connectivity index (χ1v) is 9.51. The fraction of sp³-hybridized carbons (Fsp3) is 1.00. The normalized spacial score (nSPS) is 24.6. The summed E-state index contributed by atoms with van der Waals surface area (Å²) in [5.74, 6) is 0.669. The molecule has 1 atom stereocenters. The highest BCUT2D eigenvalue weighted by atomic mass is 32.2. The smallest absolute Gasteiger partial charge is 0.211 e. The van der Waals surface area contributed by atoms with Crippen molar-refractivity contribution >= 4 is 10.0 Å². The van der Waals surface area contributed by atoms with Gasteiger partial charge in [0.25, 0.3) is 0 Å². The van der Waals surface area contributed by atoms with E-state index in [1.54, 1.807) is 0 Å². The summed E-state index contributed by atoms with van der Waals surface area (Å²) in [6, 6.07) is 0.236. The first-order chi connectivity index (χ1) is 9.57. The summed E-state index contributed by atoms with van der Waals surface area (Å²) in [7, 11) is -3.12. The summed E-state index contributed by atoms with van der Waals surface area (Å²) in [5.41, 5.74) is 0. The van der Waals surface area contributed by atoms with Crippen LogP contribution in [-0.2, 0) is 14.8 Å². The van der Waals surface area contributed by atoms with Crippen LogP contribution in [-0.4, -0.2) is 58.0 Å². The Morgan fingerprint density at radius 2 is 1.85 bits per heavy atom. The van der Waals surface area contributed by atoms with Gasteiger partial charge in [-0.2, -0.15) is 0 Å². The first kappa shape index (κ1) is 16.2. The second kappa shape index (κ2) is 7.73. The molecule has 2 rings (SSSR count). The quantitative estimate of drug-likeness (QED) is 0.801. The molecule has 1 aliphatic carbocycles. The van der Waals surface area contributed by atoms with E-state index in [0.717, 1.165) is 39.1 Å². The molecule has 20 heavy (non-hydrogen) atoms. The third kappa shape index (κ3) is 5.31. The SMILES string of the molecule is C[C@@H](CNS(=O)(=O)CC1CCCCC1)N1CCOCC1. The number of morpholine rings is 1. The van der Waals surface area contributed by atoms with Crippen LogP contribution in [0.4, 0.5) is 0 Å². The summed E-state index contributed by atoms with van der Waals surface area (Å²) in [4.78, 5) is 2.28. The van der Waals surface area contributed by atoms with Gasteiger partial charge in [0.2, 0.25) is 10.0 Å². The molecule has 0 aromatic carbocycles. The van der Waals surface area contributed by atoms with E-state index in [1.807, 2.05) is 0 Å². The molecule has 0 aromatic heterocycles. The van der Waals surface area contributed by atoms with Crippen LogP contribution in [0.3, 0.4) is 0 Å². The Balaban J connectivity index is 1.73. The molecule has 5 nitrogen and oxygen atoms in total.